The van der Waals surface area contributed by atoms with Gasteiger partial charge in [-0.25, -0.2) is 9.97 Å². The number of nitrogens with zero attached hydrogens (tertiary/aromatic N) is 6. The number of carbonyl (C=O) groups is 1. The van der Waals surface area contributed by atoms with Crippen molar-refractivity contribution in [1.82, 2.24) is 19.8 Å². The zero-order valence-corrected chi connectivity index (χ0v) is 22.2. The number of anilines is 1. The third-order valence-corrected chi connectivity index (χ3v) is 8.54. The second-order valence-electron chi connectivity index (χ2n) is 10.2. The maximum absolute atomic E-state index is 12.6. The molecule has 0 aliphatic carbocycles. The van der Waals surface area contributed by atoms with Crippen LogP contribution in [-0.4, -0.2) is 76.2 Å². The fraction of sp³-hybridized carbons (Fsp3) is 0.379. The smallest absolute Gasteiger partial charge is 0.286 e. The number of fused-ring (bicyclic) bond motifs is 1. The first-order chi connectivity index (χ1) is 18.0. The summed E-state index contributed by atoms with van der Waals surface area (Å²) < 4.78 is 0. The van der Waals surface area contributed by atoms with Crippen LogP contribution in [0.4, 0.5) is 5.69 Å². The molecule has 2 saturated heterocycles. The molecule has 6 rings (SSSR count). The molecular formula is C29H32N6OS. The van der Waals surface area contributed by atoms with Gasteiger partial charge in [-0.2, -0.15) is 4.99 Å². The minimum absolute atomic E-state index is 0.152. The van der Waals surface area contributed by atoms with Crippen molar-refractivity contribution < 1.29 is 4.79 Å². The van der Waals surface area contributed by atoms with Crippen molar-refractivity contribution in [2.75, 3.05) is 44.2 Å². The van der Waals surface area contributed by atoms with E-state index in [1.165, 1.54) is 17.4 Å². The summed E-state index contributed by atoms with van der Waals surface area (Å²) in [5, 5.41) is 1.82. The number of benzene rings is 2. The second-order valence-corrected chi connectivity index (χ2v) is 11.2. The normalized spacial score (nSPS) is 20.0. The fourth-order valence-electron chi connectivity index (χ4n) is 5.31. The molecule has 0 radical (unpaired) electrons. The van der Waals surface area contributed by atoms with Crippen LogP contribution >= 0.6 is 11.8 Å². The molecule has 7 nitrogen and oxygen atoms in total. The van der Waals surface area contributed by atoms with Crippen LogP contribution in [0.15, 0.2) is 58.7 Å². The van der Waals surface area contributed by atoms with Gasteiger partial charge in [0.2, 0.25) is 0 Å². The standard InChI is InChI=1S/C29H32N6OS/c1-20(2)33-13-15-34(16-14-33)23-8-6-22(7-9-23)27-24-17-21(5-10-25(24)30-19-31-27)18-26-28(36)32-29(37-26)35-11-3-4-12-35/h5-10,17-20H,3-4,11-16H2,1-2H3/b26-18-. The number of likely N-dealkylation sites (tertiary alicyclic amines) is 1. The quantitative estimate of drug-likeness (QED) is 0.461. The average Bonchev–Trinajstić information content (AvgIpc) is 3.59. The van der Waals surface area contributed by atoms with Gasteiger partial charge >= 0.3 is 0 Å². The van der Waals surface area contributed by atoms with E-state index in [0.717, 1.165) is 85.0 Å². The van der Waals surface area contributed by atoms with Crippen molar-refractivity contribution >= 4 is 45.5 Å². The van der Waals surface area contributed by atoms with Crippen LogP contribution in [0, 0.1) is 0 Å². The Hall–Kier alpha value is -3.23. The van der Waals surface area contributed by atoms with E-state index in [-0.39, 0.29) is 5.91 Å². The molecule has 0 spiro atoms. The largest absolute Gasteiger partial charge is 0.369 e. The van der Waals surface area contributed by atoms with Crippen LogP contribution in [-0.2, 0) is 4.79 Å². The van der Waals surface area contributed by atoms with Crippen LogP contribution in [0.5, 0.6) is 0 Å². The van der Waals surface area contributed by atoms with Crippen molar-refractivity contribution in [1.29, 1.82) is 0 Å². The predicted octanol–water partition coefficient (Wildman–Crippen LogP) is 4.89. The number of hydrogen-bond donors (Lipinski definition) is 0. The van der Waals surface area contributed by atoms with Crippen LogP contribution < -0.4 is 4.90 Å². The van der Waals surface area contributed by atoms with Crippen LogP contribution in [0.2, 0.25) is 0 Å². The van der Waals surface area contributed by atoms with Gasteiger partial charge < -0.3 is 9.80 Å². The monoisotopic (exact) mass is 512 g/mol. The number of rotatable bonds is 4. The highest BCUT2D eigenvalue weighted by atomic mass is 32.2. The van der Waals surface area contributed by atoms with Gasteiger partial charge in [0.25, 0.3) is 5.91 Å². The zero-order valence-electron chi connectivity index (χ0n) is 21.4. The predicted molar refractivity (Wildman–Crippen MR) is 153 cm³/mol. The van der Waals surface area contributed by atoms with Gasteiger partial charge in [0.1, 0.15) is 6.33 Å². The number of carbonyl (C=O) groups excluding carboxylic acids is 1. The lowest BCUT2D eigenvalue weighted by Crippen LogP contribution is -2.48. The summed E-state index contributed by atoms with van der Waals surface area (Å²) in [6, 6.07) is 15.4. The SMILES string of the molecule is CC(C)N1CCN(c2ccc(-c3ncnc4ccc(/C=C5\SC(N6CCCC6)=NC5=O)cc34)cc2)CC1. The summed E-state index contributed by atoms with van der Waals surface area (Å²) in [4.78, 5) is 33.9. The molecule has 3 aliphatic heterocycles. The third-order valence-electron chi connectivity index (χ3n) is 7.49. The summed E-state index contributed by atoms with van der Waals surface area (Å²) in [5.41, 5.74) is 5.06. The Labute approximate surface area is 222 Å². The Bertz CT molecular complexity index is 1370. The molecule has 3 aliphatic rings. The van der Waals surface area contributed by atoms with E-state index in [1.54, 1.807) is 6.33 Å². The molecule has 8 heteroatoms. The van der Waals surface area contributed by atoms with Gasteiger partial charge in [-0.15, -0.1) is 0 Å². The Morgan fingerprint density at radius 1 is 0.892 bits per heavy atom. The highest BCUT2D eigenvalue weighted by molar-refractivity contribution is 8.18. The summed E-state index contributed by atoms with van der Waals surface area (Å²) in [6.07, 6.45) is 5.89. The lowest BCUT2D eigenvalue weighted by atomic mass is 10.0. The molecule has 0 N–H and O–H groups in total. The molecular weight excluding hydrogens is 480 g/mol. The summed E-state index contributed by atoms with van der Waals surface area (Å²) >= 11 is 1.48. The Balaban J connectivity index is 1.23. The molecule has 190 valence electrons. The van der Waals surface area contributed by atoms with Gasteiger partial charge in [0.15, 0.2) is 5.17 Å². The number of aliphatic imine (C=N–C) groups is 1. The number of amides is 1. The molecule has 37 heavy (non-hydrogen) atoms. The van der Waals surface area contributed by atoms with Crippen molar-refractivity contribution in [3.05, 3.63) is 59.3 Å². The average molecular weight is 513 g/mol. The number of aromatic nitrogens is 2. The van der Waals surface area contributed by atoms with Gasteiger partial charge in [-0.3, -0.25) is 9.69 Å². The number of hydrogen-bond acceptors (Lipinski definition) is 7. The molecule has 3 aromatic rings. The molecule has 2 aromatic carbocycles. The van der Waals surface area contributed by atoms with Crippen LogP contribution in [0.1, 0.15) is 32.3 Å². The Morgan fingerprint density at radius 2 is 1.65 bits per heavy atom. The minimum atomic E-state index is -0.152. The van der Waals surface area contributed by atoms with E-state index in [9.17, 15) is 4.79 Å². The van der Waals surface area contributed by atoms with Crippen molar-refractivity contribution in [2.45, 2.75) is 32.7 Å². The molecule has 1 aromatic heterocycles. The van der Waals surface area contributed by atoms with E-state index in [4.69, 9.17) is 0 Å². The number of thioether (sulfide) groups is 1. The van der Waals surface area contributed by atoms with E-state index in [0.29, 0.717) is 10.9 Å². The molecule has 2 fully saturated rings. The van der Waals surface area contributed by atoms with E-state index in [2.05, 4.69) is 73.8 Å². The zero-order chi connectivity index (χ0) is 25.4. The lowest BCUT2D eigenvalue weighted by molar-refractivity contribution is -0.113. The maximum Gasteiger partial charge on any atom is 0.286 e. The second kappa shape index (κ2) is 10.3. The maximum atomic E-state index is 12.6. The van der Waals surface area contributed by atoms with Crippen LogP contribution in [0.3, 0.4) is 0 Å². The highest BCUT2D eigenvalue weighted by Crippen LogP contribution is 2.33. The number of piperazine rings is 1. The van der Waals surface area contributed by atoms with Gasteiger partial charge in [-0.05, 0) is 74.4 Å². The molecule has 1 amide bonds. The van der Waals surface area contributed by atoms with E-state index < -0.39 is 0 Å². The van der Waals surface area contributed by atoms with Crippen molar-refractivity contribution in [3.63, 3.8) is 0 Å². The Morgan fingerprint density at radius 3 is 2.38 bits per heavy atom. The van der Waals surface area contributed by atoms with Crippen molar-refractivity contribution in [2.24, 2.45) is 4.99 Å². The van der Waals surface area contributed by atoms with Gasteiger partial charge in [0, 0.05) is 61.9 Å². The third kappa shape index (κ3) is 5.00. The van der Waals surface area contributed by atoms with E-state index >= 15 is 0 Å². The first-order valence-electron chi connectivity index (χ1n) is 13.2. The molecule has 0 saturated carbocycles. The molecule has 0 unspecified atom stereocenters. The molecule has 0 atom stereocenters. The van der Waals surface area contributed by atoms with Crippen molar-refractivity contribution in [3.8, 4) is 11.3 Å². The molecule has 4 heterocycles. The summed E-state index contributed by atoms with van der Waals surface area (Å²) in [6.45, 7) is 10.8. The lowest BCUT2D eigenvalue weighted by Gasteiger charge is -2.38. The number of amidine groups is 1. The fourth-order valence-corrected chi connectivity index (χ4v) is 6.28. The topological polar surface area (TPSA) is 64.9 Å². The highest BCUT2D eigenvalue weighted by Gasteiger charge is 2.27. The Kier molecular flexibility index (Phi) is 6.69. The van der Waals surface area contributed by atoms with Gasteiger partial charge in [-0.1, -0.05) is 18.2 Å². The van der Waals surface area contributed by atoms with E-state index in [1.807, 2.05) is 18.2 Å². The minimum Gasteiger partial charge on any atom is -0.369 e. The first kappa shape index (κ1) is 24.1. The first-order valence-corrected chi connectivity index (χ1v) is 14.0. The van der Waals surface area contributed by atoms with Gasteiger partial charge in [0.05, 0.1) is 16.1 Å². The van der Waals surface area contributed by atoms with Crippen LogP contribution in [0.25, 0.3) is 28.2 Å². The molecule has 0 bridgehead atoms. The summed E-state index contributed by atoms with van der Waals surface area (Å²) in [5.74, 6) is -0.152. The summed E-state index contributed by atoms with van der Waals surface area (Å²) in [7, 11) is 0.